The highest BCUT2D eigenvalue weighted by atomic mass is 19.1. The summed E-state index contributed by atoms with van der Waals surface area (Å²) in [6, 6.07) is 22.8. The minimum absolute atomic E-state index is 0.261. The maximum absolute atomic E-state index is 13.8. The number of pyridine rings is 1. The number of fused-ring (bicyclic) bond motifs is 2. The SMILES string of the molecule is Cc1ccc(Nc2cc3nc4ccccc4n(-c4ccc(F)cc4)c-3c/c2=N\CC2CCCN(C)C2)cn1. The van der Waals surface area contributed by atoms with Gasteiger partial charge in [-0.05, 0) is 99.9 Å². The number of halogens is 1. The molecule has 6 rings (SSSR count). The molecule has 1 N–H and O–H groups in total. The van der Waals surface area contributed by atoms with Crippen LogP contribution in [0.5, 0.6) is 0 Å². The Hall–Kier alpha value is -4.10. The van der Waals surface area contributed by atoms with Crippen molar-refractivity contribution in [2.75, 3.05) is 32.0 Å². The van der Waals surface area contributed by atoms with Crippen molar-refractivity contribution >= 4 is 22.4 Å². The number of rotatable bonds is 5. The van der Waals surface area contributed by atoms with Crippen LogP contribution in [0.2, 0.25) is 0 Å². The highest BCUT2D eigenvalue weighted by Crippen LogP contribution is 2.30. The number of para-hydroxylation sites is 2. The van der Waals surface area contributed by atoms with Crippen LogP contribution in [-0.4, -0.2) is 46.1 Å². The van der Waals surface area contributed by atoms with Gasteiger partial charge in [0.05, 0.1) is 45.4 Å². The number of aromatic nitrogens is 3. The predicted molar refractivity (Wildman–Crippen MR) is 151 cm³/mol. The number of benzene rings is 3. The number of hydrogen-bond donors (Lipinski definition) is 1. The average molecular weight is 507 g/mol. The van der Waals surface area contributed by atoms with Crippen LogP contribution < -0.4 is 10.7 Å². The number of piperidine rings is 1. The molecule has 0 spiro atoms. The summed E-state index contributed by atoms with van der Waals surface area (Å²) in [6.07, 6.45) is 4.23. The number of hydrogen-bond acceptors (Lipinski definition) is 5. The lowest BCUT2D eigenvalue weighted by Gasteiger charge is -2.28. The van der Waals surface area contributed by atoms with Gasteiger partial charge < -0.3 is 14.8 Å². The van der Waals surface area contributed by atoms with E-state index in [-0.39, 0.29) is 5.82 Å². The molecule has 38 heavy (non-hydrogen) atoms. The van der Waals surface area contributed by atoms with E-state index in [1.54, 1.807) is 12.1 Å². The summed E-state index contributed by atoms with van der Waals surface area (Å²) in [5.41, 5.74) is 7.19. The van der Waals surface area contributed by atoms with Crippen LogP contribution in [0, 0.1) is 18.7 Å². The van der Waals surface area contributed by atoms with Crippen molar-refractivity contribution in [3.05, 3.63) is 95.9 Å². The van der Waals surface area contributed by atoms with Crippen molar-refractivity contribution in [3.8, 4) is 17.1 Å². The lowest BCUT2D eigenvalue weighted by Crippen LogP contribution is -2.33. The fourth-order valence-corrected chi connectivity index (χ4v) is 5.29. The normalized spacial score (nSPS) is 16.8. The van der Waals surface area contributed by atoms with Crippen LogP contribution in [0.3, 0.4) is 0 Å². The fourth-order valence-electron chi connectivity index (χ4n) is 5.29. The molecule has 0 bridgehead atoms. The van der Waals surface area contributed by atoms with Crippen molar-refractivity contribution in [1.82, 2.24) is 19.4 Å². The van der Waals surface area contributed by atoms with E-state index < -0.39 is 0 Å². The van der Waals surface area contributed by atoms with Crippen LogP contribution >= 0.6 is 0 Å². The highest BCUT2D eigenvalue weighted by Gasteiger charge is 2.19. The van der Waals surface area contributed by atoms with Gasteiger partial charge in [0.25, 0.3) is 0 Å². The monoisotopic (exact) mass is 506 g/mol. The first-order chi connectivity index (χ1) is 18.5. The first kappa shape index (κ1) is 24.2. The summed E-state index contributed by atoms with van der Waals surface area (Å²) in [5.74, 6) is 0.264. The lowest BCUT2D eigenvalue weighted by molar-refractivity contribution is 0.214. The zero-order valence-electron chi connectivity index (χ0n) is 21.7. The van der Waals surface area contributed by atoms with Crippen molar-refractivity contribution in [2.24, 2.45) is 10.9 Å². The molecule has 1 atom stereocenters. The van der Waals surface area contributed by atoms with Gasteiger partial charge in [0, 0.05) is 24.5 Å². The summed E-state index contributed by atoms with van der Waals surface area (Å²) in [5, 5.41) is 4.41. The van der Waals surface area contributed by atoms with Gasteiger partial charge in [-0.15, -0.1) is 0 Å². The zero-order chi connectivity index (χ0) is 26.1. The van der Waals surface area contributed by atoms with Gasteiger partial charge >= 0.3 is 0 Å². The van der Waals surface area contributed by atoms with E-state index in [1.807, 2.05) is 49.5 Å². The third kappa shape index (κ3) is 5.02. The van der Waals surface area contributed by atoms with Crippen LogP contribution in [0.15, 0.2) is 84.0 Å². The fraction of sp³-hybridized carbons (Fsp3) is 0.258. The Labute approximate surface area is 221 Å². The minimum atomic E-state index is -0.261. The third-order valence-corrected chi connectivity index (χ3v) is 7.21. The zero-order valence-corrected chi connectivity index (χ0v) is 21.7. The molecule has 7 heteroatoms. The van der Waals surface area contributed by atoms with Gasteiger partial charge in [-0.25, -0.2) is 9.37 Å². The minimum Gasteiger partial charge on any atom is -0.352 e. The van der Waals surface area contributed by atoms with Crippen molar-refractivity contribution in [2.45, 2.75) is 19.8 Å². The van der Waals surface area contributed by atoms with Gasteiger partial charge in [0.15, 0.2) is 0 Å². The van der Waals surface area contributed by atoms with Crippen molar-refractivity contribution in [3.63, 3.8) is 0 Å². The largest absolute Gasteiger partial charge is 0.352 e. The first-order valence-electron chi connectivity index (χ1n) is 13.1. The molecule has 1 unspecified atom stereocenters. The average Bonchev–Trinajstić information content (AvgIpc) is 2.92. The lowest BCUT2D eigenvalue weighted by atomic mass is 9.99. The van der Waals surface area contributed by atoms with E-state index in [1.165, 1.54) is 25.0 Å². The second-order valence-electron chi connectivity index (χ2n) is 10.2. The topological polar surface area (TPSA) is 58.3 Å². The van der Waals surface area contributed by atoms with E-state index in [2.05, 4.69) is 38.9 Å². The standard InChI is InChI=1S/C31H31FN6/c1-21-9-12-24(19-33-21)35-28-16-29-31(17-27(28)34-18-22-6-5-15-37(2)20-22)38(25-13-10-23(32)11-14-25)30-8-4-3-7-26(30)36-29/h3-4,7-14,16-17,19,22,35H,5-6,15,18,20H2,1-2H3/b34-27+. The summed E-state index contributed by atoms with van der Waals surface area (Å²) in [7, 11) is 2.18. The number of aryl methyl sites for hydroxylation is 1. The van der Waals surface area contributed by atoms with Crippen LogP contribution in [-0.2, 0) is 0 Å². The summed E-state index contributed by atoms with van der Waals surface area (Å²) in [6.45, 7) is 4.94. The summed E-state index contributed by atoms with van der Waals surface area (Å²) >= 11 is 0. The summed E-state index contributed by atoms with van der Waals surface area (Å²) < 4.78 is 16.0. The molecule has 3 aliphatic rings. The quantitative estimate of drug-likeness (QED) is 0.299. The van der Waals surface area contributed by atoms with Crippen molar-refractivity contribution in [1.29, 1.82) is 0 Å². The Morgan fingerprint density at radius 1 is 1.05 bits per heavy atom. The number of nitrogens with zero attached hydrogens (tertiary/aromatic N) is 5. The summed E-state index contributed by atoms with van der Waals surface area (Å²) in [4.78, 5) is 17.0. The Morgan fingerprint density at radius 3 is 2.68 bits per heavy atom. The van der Waals surface area contributed by atoms with Gasteiger partial charge in [-0.1, -0.05) is 12.1 Å². The Bertz CT molecular complexity index is 1610. The van der Waals surface area contributed by atoms with E-state index in [0.29, 0.717) is 5.92 Å². The van der Waals surface area contributed by atoms with E-state index >= 15 is 0 Å². The van der Waals surface area contributed by atoms with Gasteiger partial charge in [-0.3, -0.25) is 9.98 Å². The molecule has 192 valence electrons. The van der Waals surface area contributed by atoms with E-state index in [9.17, 15) is 4.39 Å². The Balaban J connectivity index is 1.55. The van der Waals surface area contributed by atoms with Crippen LogP contribution in [0.4, 0.5) is 15.8 Å². The van der Waals surface area contributed by atoms with Crippen molar-refractivity contribution < 1.29 is 4.39 Å². The highest BCUT2D eigenvalue weighted by molar-refractivity contribution is 5.84. The molecular formula is C31H31FN6. The molecule has 6 nitrogen and oxygen atoms in total. The second kappa shape index (κ2) is 10.3. The molecule has 2 aromatic carbocycles. The molecule has 2 aliphatic heterocycles. The molecule has 0 radical (unpaired) electrons. The molecule has 1 aliphatic carbocycles. The van der Waals surface area contributed by atoms with Crippen LogP contribution in [0.25, 0.3) is 28.1 Å². The second-order valence-corrected chi connectivity index (χ2v) is 10.2. The first-order valence-corrected chi connectivity index (χ1v) is 13.1. The Kier molecular flexibility index (Phi) is 6.60. The molecule has 1 saturated heterocycles. The number of nitrogens with one attached hydrogen (secondary N) is 1. The van der Waals surface area contributed by atoms with E-state index in [0.717, 1.165) is 70.2 Å². The number of anilines is 2. The maximum Gasteiger partial charge on any atom is 0.123 e. The number of likely N-dealkylation sites (tertiary alicyclic amines) is 1. The smallest absolute Gasteiger partial charge is 0.123 e. The third-order valence-electron chi connectivity index (χ3n) is 7.21. The molecule has 3 aromatic rings. The maximum atomic E-state index is 13.8. The van der Waals surface area contributed by atoms with Gasteiger partial charge in [0.2, 0.25) is 0 Å². The van der Waals surface area contributed by atoms with Crippen LogP contribution in [0.1, 0.15) is 18.5 Å². The molecule has 1 fully saturated rings. The molecular weight excluding hydrogens is 475 g/mol. The molecule has 0 amide bonds. The van der Waals surface area contributed by atoms with Gasteiger partial charge in [-0.2, -0.15) is 0 Å². The Morgan fingerprint density at radius 2 is 1.89 bits per heavy atom. The predicted octanol–water partition coefficient (Wildman–Crippen LogP) is 5.96. The van der Waals surface area contributed by atoms with E-state index in [4.69, 9.17) is 9.98 Å². The molecule has 0 saturated carbocycles. The molecule has 1 aromatic heterocycles. The molecule has 3 heterocycles. The van der Waals surface area contributed by atoms with Gasteiger partial charge in [0.1, 0.15) is 5.82 Å².